The molecule has 0 N–H and O–H groups in total. The smallest absolute Gasteiger partial charge is 0.254 e. The third-order valence-corrected chi connectivity index (χ3v) is 5.27. The maximum absolute atomic E-state index is 12.7. The largest absolute Gasteiger partial charge is 0.338 e. The van der Waals surface area contributed by atoms with Crippen molar-refractivity contribution in [3.8, 4) is 0 Å². The Kier molecular flexibility index (Phi) is 3.46. The van der Waals surface area contributed by atoms with Crippen molar-refractivity contribution in [2.24, 2.45) is 0 Å². The molecule has 0 fully saturated rings. The molecule has 104 valence electrons. The van der Waals surface area contributed by atoms with Crippen molar-refractivity contribution in [2.45, 2.75) is 59.9 Å². The van der Waals surface area contributed by atoms with E-state index in [2.05, 4.69) is 41.5 Å². The molecule has 1 aromatic rings. The molecule has 1 amide bonds. The Morgan fingerprint density at radius 1 is 1.00 bits per heavy atom. The van der Waals surface area contributed by atoms with Gasteiger partial charge in [-0.3, -0.25) is 4.79 Å². The van der Waals surface area contributed by atoms with Crippen LogP contribution in [0.3, 0.4) is 0 Å². The molecule has 0 bridgehead atoms. The van der Waals surface area contributed by atoms with Crippen LogP contribution in [0.4, 0.5) is 0 Å². The van der Waals surface area contributed by atoms with Gasteiger partial charge in [0.1, 0.15) is 0 Å². The summed E-state index contributed by atoms with van der Waals surface area (Å²) in [5, 5.41) is 0. The molecule has 0 saturated carbocycles. The second kappa shape index (κ2) is 4.66. The van der Waals surface area contributed by atoms with Crippen LogP contribution in [-0.2, 0) is 0 Å². The van der Waals surface area contributed by atoms with E-state index in [4.69, 9.17) is 0 Å². The maximum Gasteiger partial charge on any atom is 0.254 e. The molecule has 2 heteroatoms. The first kappa shape index (κ1) is 14.1. The van der Waals surface area contributed by atoms with Crippen molar-refractivity contribution in [3.63, 3.8) is 0 Å². The molecule has 1 aromatic carbocycles. The number of fused-ring (bicyclic) bond motifs is 1. The summed E-state index contributed by atoms with van der Waals surface area (Å²) < 4.78 is 0. The predicted molar refractivity (Wildman–Crippen MR) is 80.0 cm³/mol. The van der Waals surface area contributed by atoms with Crippen molar-refractivity contribution in [3.05, 3.63) is 33.4 Å². The van der Waals surface area contributed by atoms with Crippen LogP contribution in [0.2, 0.25) is 0 Å². The highest BCUT2D eigenvalue weighted by molar-refractivity contribution is 5.99. The van der Waals surface area contributed by atoms with Gasteiger partial charge in [0.25, 0.3) is 5.91 Å². The minimum atomic E-state index is 0.191. The van der Waals surface area contributed by atoms with Gasteiger partial charge in [0.15, 0.2) is 0 Å². The van der Waals surface area contributed by atoms with Gasteiger partial charge in [-0.25, -0.2) is 0 Å². The number of hydrogen-bond donors (Lipinski definition) is 0. The number of rotatable bonds is 1. The van der Waals surface area contributed by atoms with Crippen LogP contribution >= 0.6 is 0 Å². The van der Waals surface area contributed by atoms with Crippen LogP contribution in [0.15, 0.2) is 0 Å². The van der Waals surface area contributed by atoms with E-state index in [0.29, 0.717) is 5.92 Å². The lowest BCUT2D eigenvalue weighted by Gasteiger charge is -2.40. The van der Waals surface area contributed by atoms with Crippen LogP contribution in [0, 0.1) is 27.7 Å². The number of hydrogen-bond acceptors (Lipinski definition) is 1. The molecule has 2 nitrogen and oxygen atoms in total. The van der Waals surface area contributed by atoms with Gasteiger partial charge in [0.2, 0.25) is 0 Å². The van der Waals surface area contributed by atoms with Gasteiger partial charge in [-0.05, 0) is 68.9 Å². The molecule has 1 aliphatic rings. The van der Waals surface area contributed by atoms with E-state index in [1.807, 2.05) is 11.9 Å². The van der Waals surface area contributed by atoms with Crippen molar-refractivity contribution >= 4 is 5.91 Å². The summed E-state index contributed by atoms with van der Waals surface area (Å²) in [6.45, 7) is 13.0. The van der Waals surface area contributed by atoms with E-state index in [9.17, 15) is 4.79 Å². The Balaban J connectivity index is 2.84. The van der Waals surface area contributed by atoms with Crippen LogP contribution in [0.5, 0.6) is 0 Å². The molecule has 19 heavy (non-hydrogen) atoms. The number of nitrogens with zero attached hydrogens (tertiary/aromatic N) is 1. The van der Waals surface area contributed by atoms with E-state index in [0.717, 1.165) is 12.0 Å². The zero-order valence-corrected chi connectivity index (χ0v) is 13.2. The third-order valence-electron chi connectivity index (χ3n) is 5.27. The summed E-state index contributed by atoms with van der Waals surface area (Å²) in [6.07, 6.45) is 1.08. The lowest BCUT2D eigenvalue weighted by molar-refractivity contribution is 0.0687. The van der Waals surface area contributed by atoms with Gasteiger partial charge in [0.05, 0.1) is 0 Å². The average molecular weight is 259 g/mol. The SMILES string of the molecule is CCC1c2c(C)c(C)c(C)c(C)c2C(=O)N(C)C1C. The lowest BCUT2D eigenvalue weighted by atomic mass is 9.76. The highest BCUT2D eigenvalue weighted by Gasteiger charge is 2.37. The molecule has 2 unspecified atom stereocenters. The standard InChI is InChI=1S/C17H25NO/c1-8-14-13(6)18(7)17(19)16-12(5)10(3)9(2)11(4)15(14)16/h13-14H,8H2,1-7H3. The molecule has 0 saturated heterocycles. The van der Waals surface area contributed by atoms with E-state index in [1.54, 1.807) is 0 Å². The Bertz CT molecular complexity index is 545. The van der Waals surface area contributed by atoms with Crippen molar-refractivity contribution in [1.82, 2.24) is 4.90 Å². The number of carbonyl (C=O) groups excluding carboxylic acids is 1. The van der Waals surface area contributed by atoms with E-state index < -0.39 is 0 Å². The molecule has 2 atom stereocenters. The van der Waals surface area contributed by atoms with Crippen LogP contribution in [0.1, 0.15) is 64.4 Å². The molecule has 0 aromatic heterocycles. The maximum atomic E-state index is 12.7. The number of carbonyl (C=O) groups is 1. The molecule has 1 aliphatic heterocycles. The average Bonchev–Trinajstić information content (AvgIpc) is 2.40. The fraction of sp³-hybridized carbons (Fsp3) is 0.588. The molecule has 0 spiro atoms. The van der Waals surface area contributed by atoms with E-state index in [1.165, 1.54) is 27.8 Å². The number of likely N-dealkylation sites (N-methyl/N-ethyl adjacent to an activating group) is 1. The molecule has 0 aliphatic carbocycles. The first-order valence-electron chi connectivity index (χ1n) is 7.20. The van der Waals surface area contributed by atoms with Gasteiger partial charge in [-0.1, -0.05) is 6.92 Å². The minimum absolute atomic E-state index is 0.191. The summed E-state index contributed by atoms with van der Waals surface area (Å²) in [5.41, 5.74) is 7.37. The Morgan fingerprint density at radius 2 is 1.53 bits per heavy atom. The van der Waals surface area contributed by atoms with Gasteiger partial charge >= 0.3 is 0 Å². The van der Waals surface area contributed by atoms with E-state index >= 15 is 0 Å². The molecule has 1 heterocycles. The highest BCUT2D eigenvalue weighted by atomic mass is 16.2. The predicted octanol–water partition coefficient (Wildman–Crippen LogP) is 3.89. The molecule has 0 radical (unpaired) electrons. The summed E-state index contributed by atoms with van der Waals surface area (Å²) in [6, 6.07) is 0.283. The topological polar surface area (TPSA) is 20.3 Å². The molecular formula is C17H25NO. The zero-order chi connectivity index (χ0) is 14.5. The van der Waals surface area contributed by atoms with E-state index in [-0.39, 0.29) is 11.9 Å². The molecular weight excluding hydrogens is 234 g/mol. The normalized spacial score (nSPS) is 22.7. The summed E-state index contributed by atoms with van der Waals surface area (Å²) in [7, 11) is 1.93. The lowest BCUT2D eigenvalue weighted by Crippen LogP contribution is -2.45. The molecule has 2 rings (SSSR count). The van der Waals surface area contributed by atoms with Gasteiger partial charge in [0, 0.05) is 24.6 Å². The van der Waals surface area contributed by atoms with Crippen molar-refractivity contribution in [1.29, 1.82) is 0 Å². The second-order valence-electron chi connectivity index (χ2n) is 5.96. The minimum Gasteiger partial charge on any atom is -0.338 e. The Morgan fingerprint density at radius 3 is 2.05 bits per heavy atom. The van der Waals surface area contributed by atoms with Crippen LogP contribution < -0.4 is 0 Å². The van der Waals surface area contributed by atoms with Gasteiger partial charge in [-0.15, -0.1) is 0 Å². The quantitative estimate of drug-likeness (QED) is 0.749. The Hall–Kier alpha value is -1.31. The van der Waals surface area contributed by atoms with Gasteiger partial charge in [-0.2, -0.15) is 0 Å². The highest BCUT2D eigenvalue weighted by Crippen LogP contribution is 2.40. The monoisotopic (exact) mass is 259 g/mol. The fourth-order valence-corrected chi connectivity index (χ4v) is 3.50. The fourth-order valence-electron chi connectivity index (χ4n) is 3.50. The number of benzene rings is 1. The van der Waals surface area contributed by atoms with Crippen molar-refractivity contribution < 1.29 is 4.79 Å². The Labute approximate surface area is 116 Å². The number of amides is 1. The second-order valence-corrected chi connectivity index (χ2v) is 5.96. The van der Waals surface area contributed by atoms with Crippen molar-refractivity contribution in [2.75, 3.05) is 7.05 Å². The first-order valence-corrected chi connectivity index (χ1v) is 7.20. The van der Waals surface area contributed by atoms with Crippen LogP contribution in [0.25, 0.3) is 0 Å². The summed E-state index contributed by atoms with van der Waals surface area (Å²) in [5.74, 6) is 0.645. The summed E-state index contributed by atoms with van der Waals surface area (Å²) in [4.78, 5) is 14.6. The van der Waals surface area contributed by atoms with Gasteiger partial charge < -0.3 is 4.90 Å². The first-order chi connectivity index (χ1) is 8.82. The third kappa shape index (κ3) is 1.80. The van der Waals surface area contributed by atoms with Crippen LogP contribution in [-0.4, -0.2) is 23.9 Å². The summed E-state index contributed by atoms with van der Waals surface area (Å²) >= 11 is 0. The zero-order valence-electron chi connectivity index (χ0n) is 13.2.